The third-order valence-corrected chi connectivity index (χ3v) is 8.45. The van der Waals surface area contributed by atoms with Gasteiger partial charge in [-0.3, -0.25) is 0 Å². The van der Waals surface area contributed by atoms with Crippen LogP contribution in [-0.2, 0) is 0 Å². The first-order valence-electron chi connectivity index (χ1n) is 14.9. The van der Waals surface area contributed by atoms with Crippen molar-refractivity contribution in [3.05, 3.63) is 108 Å². The molecule has 4 heteroatoms. The fourth-order valence-corrected chi connectivity index (χ4v) is 6.10. The van der Waals surface area contributed by atoms with E-state index in [1.165, 1.54) is 45.3 Å². The van der Waals surface area contributed by atoms with Crippen molar-refractivity contribution in [3.8, 4) is 0 Å². The molecule has 0 atom stereocenters. The zero-order chi connectivity index (χ0) is 27.6. The number of fused-ring (bicyclic) bond motifs is 2. The Labute approximate surface area is 240 Å². The molecule has 0 fully saturated rings. The van der Waals surface area contributed by atoms with E-state index >= 15 is 0 Å². The van der Waals surface area contributed by atoms with E-state index in [1.54, 1.807) is 0 Å². The number of hydrogen-bond acceptors (Lipinski definition) is 4. The van der Waals surface area contributed by atoms with E-state index in [4.69, 9.17) is 0 Å². The predicted octanol–water partition coefficient (Wildman–Crippen LogP) is 9.24. The number of rotatable bonds is 9. The van der Waals surface area contributed by atoms with E-state index in [-0.39, 0.29) is 0 Å². The standard InChI is InChI=1S/C36H42N4/c1-27(2)29-13-11-15-31(23-29)39-25-37(33-17-5-7-19-35(33)39)21-9-10-22-38-26-40(36-20-8-6-18-34(36)38)32-16-12-14-30(24-32)28(3)4/h5-8,11-20,23-24,27-28H,9-10,21-22,25-26H2,1-4H3. The van der Waals surface area contributed by atoms with Crippen molar-refractivity contribution in [1.82, 2.24) is 0 Å². The molecular weight excluding hydrogens is 488 g/mol. The number of hydrogen-bond donors (Lipinski definition) is 0. The van der Waals surface area contributed by atoms with Crippen LogP contribution in [-0.4, -0.2) is 26.4 Å². The molecular formula is C36H42N4. The first kappa shape index (κ1) is 26.3. The molecule has 206 valence electrons. The van der Waals surface area contributed by atoms with Crippen molar-refractivity contribution in [3.63, 3.8) is 0 Å². The van der Waals surface area contributed by atoms with Gasteiger partial charge in [0.15, 0.2) is 0 Å². The summed E-state index contributed by atoms with van der Waals surface area (Å²) in [4.78, 5) is 10.1. The lowest BCUT2D eigenvalue weighted by molar-refractivity contribution is 0.678. The number of para-hydroxylation sites is 4. The average molecular weight is 531 g/mol. The molecule has 2 aliphatic rings. The second-order valence-electron chi connectivity index (χ2n) is 11.8. The first-order valence-corrected chi connectivity index (χ1v) is 14.9. The summed E-state index contributed by atoms with van der Waals surface area (Å²) >= 11 is 0. The number of nitrogens with zero attached hydrogens (tertiary/aromatic N) is 4. The molecule has 4 nitrogen and oxygen atoms in total. The molecule has 0 aliphatic carbocycles. The van der Waals surface area contributed by atoms with Gasteiger partial charge in [0.25, 0.3) is 0 Å². The molecule has 6 rings (SSSR count). The Morgan fingerprint density at radius 3 is 1.30 bits per heavy atom. The van der Waals surface area contributed by atoms with Gasteiger partial charge in [0, 0.05) is 24.5 Å². The van der Waals surface area contributed by atoms with Crippen LogP contribution in [0.15, 0.2) is 97.1 Å². The van der Waals surface area contributed by atoms with Crippen LogP contribution >= 0.6 is 0 Å². The summed E-state index contributed by atoms with van der Waals surface area (Å²) < 4.78 is 0. The molecule has 4 aromatic rings. The Morgan fingerprint density at radius 2 is 0.900 bits per heavy atom. The third-order valence-electron chi connectivity index (χ3n) is 8.45. The summed E-state index contributed by atoms with van der Waals surface area (Å²) in [7, 11) is 0. The second kappa shape index (κ2) is 11.3. The van der Waals surface area contributed by atoms with Crippen molar-refractivity contribution >= 4 is 34.1 Å². The maximum absolute atomic E-state index is 2.55. The minimum atomic E-state index is 0.527. The van der Waals surface area contributed by atoms with Crippen molar-refractivity contribution in [2.75, 3.05) is 46.0 Å². The fourth-order valence-electron chi connectivity index (χ4n) is 6.10. The number of benzene rings is 4. The molecule has 2 heterocycles. The minimum Gasteiger partial charge on any atom is -0.352 e. The Bertz CT molecular complexity index is 1350. The van der Waals surface area contributed by atoms with Gasteiger partial charge in [-0.15, -0.1) is 0 Å². The van der Waals surface area contributed by atoms with Gasteiger partial charge in [-0.05, 0) is 84.3 Å². The maximum Gasteiger partial charge on any atom is 0.0953 e. The summed E-state index contributed by atoms with van der Waals surface area (Å²) in [6.45, 7) is 13.0. The fraction of sp³-hybridized carbons (Fsp3) is 0.333. The van der Waals surface area contributed by atoms with Gasteiger partial charge in [0.1, 0.15) is 0 Å². The lowest BCUT2D eigenvalue weighted by atomic mass is 10.0. The van der Waals surface area contributed by atoms with Crippen LogP contribution in [0.5, 0.6) is 0 Å². The normalized spacial score (nSPS) is 14.4. The monoisotopic (exact) mass is 530 g/mol. The van der Waals surface area contributed by atoms with E-state index in [0.717, 1.165) is 39.3 Å². The Morgan fingerprint density at radius 1 is 0.500 bits per heavy atom. The number of anilines is 6. The molecule has 4 aromatic carbocycles. The Hall–Kier alpha value is -3.92. The van der Waals surface area contributed by atoms with Crippen molar-refractivity contribution in [1.29, 1.82) is 0 Å². The van der Waals surface area contributed by atoms with Crippen LogP contribution in [0.4, 0.5) is 34.1 Å². The molecule has 0 amide bonds. The lowest BCUT2D eigenvalue weighted by Crippen LogP contribution is -2.31. The molecule has 0 aromatic heterocycles. The predicted molar refractivity (Wildman–Crippen MR) is 172 cm³/mol. The quantitative estimate of drug-likeness (QED) is 0.200. The van der Waals surface area contributed by atoms with Crippen molar-refractivity contribution in [2.45, 2.75) is 52.4 Å². The summed E-state index contributed by atoms with van der Waals surface area (Å²) in [6.07, 6.45) is 2.32. The van der Waals surface area contributed by atoms with Crippen LogP contribution < -0.4 is 19.6 Å². The zero-order valence-corrected chi connectivity index (χ0v) is 24.4. The molecule has 2 aliphatic heterocycles. The van der Waals surface area contributed by atoms with Gasteiger partial charge in [0.2, 0.25) is 0 Å². The van der Waals surface area contributed by atoms with Gasteiger partial charge in [-0.2, -0.15) is 0 Å². The van der Waals surface area contributed by atoms with E-state index in [9.17, 15) is 0 Å². The maximum atomic E-state index is 2.55. The van der Waals surface area contributed by atoms with Crippen LogP contribution in [0, 0.1) is 0 Å². The summed E-state index contributed by atoms with van der Waals surface area (Å²) in [5.74, 6) is 1.05. The highest BCUT2D eigenvalue weighted by molar-refractivity contribution is 5.83. The zero-order valence-electron chi connectivity index (χ0n) is 24.4. The highest BCUT2D eigenvalue weighted by Crippen LogP contribution is 2.42. The number of unbranched alkanes of at least 4 members (excludes halogenated alkanes) is 1. The molecule has 0 bridgehead atoms. The van der Waals surface area contributed by atoms with Crippen LogP contribution in [0.1, 0.15) is 63.5 Å². The van der Waals surface area contributed by atoms with Gasteiger partial charge >= 0.3 is 0 Å². The average Bonchev–Trinajstić information content (AvgIpc) is 3.54. The SMILES string of the molecule is CC(C)c1cccc(N2CN(CCCCN3CN(c4cccc(C(C)C)c4)c4ccccc43)c3ccccc32)c1. The highest BCUT2D eigenvalue weighted by Gasteiger charge is 2.28. The van der Waals surface area contributed by atoms with Crippen LogP contribution in [0.3, 0.4) is 0 Å². The smallest absolute Gasteiger partial charge is 0.0953 e. The summed E-state index contributed by atoms with van der Waals surface area (Å²) in [5, 5.41) is 0. The molecule has 0 saturated heterocycles. The third kappa shape index (κ3) is 5.15. The summed E-state index contributed by atoms with van der Waals surface area (Å²) in [6, 6.07) is 35.9. The molecule has 0 unspecified atom stereocenters. The van der Waals surface area contributed by atoms with E-state index < -0.39 is 0 Å². The Kier molecular flexibility index (Phi) is 7.42. The van der Waals surface area contributed by atoms with Gasteiger partial charge in [-0.1, -0.05) is 76.2 Å². The highest BCUT2D eigenvalue weighted by atomic mass is 15.4. The van der Waals surface area contributed by atoms with Crippen LogP contribution in [0.2, 0.25) is 0 Å². The Balaban J connectivity index is 1.11. The van der Waals surface area contributed by atoms with Crippen molar-refractivity contribution in [2.24, 2.45) is 0 Å². The molecule has 40 heavy (non-hydrogen) atoms. The van der Waals surface area contributed by atoms with Gasteiger partial charge < -0.3 is 19.6 Å². The minimum absolute atomic E-state index is 0.527. The largest absolute Gasteiger partial charge is 0.352 e. The van der Waals surface area contributed by atoms with E-state index in [1.807, 2.05) is 0 Å². The van der Waals surface area contributed by atoms with E-state index in [0.29, 0.717) is 11.8 Å². The van der Waals surface area contributed by atoms with Gasteiger partial charge in [-0.25, -0.2) is 0 Å². The summed E-state index contributed by atoms with van der Waals surface area (Å²) in [5.41, 5.74) is 10.7. The van der Waals surface area contributed by atoms with Crippen LogP contribution in [0.25, 0.3) is 0 Å². The topological polar surface area (TPSA) is 13.0 Å². The first-order chi connectivity index (χ1) is 19.5. The van der Waals surface area contributed by atoms with Crippen molar-refractivity contribution < 1.29 is 0 Å². The molecule has 0 spiro atoms. The molecule has 0 saturated carbocycles. The molecule has 0 radical (unpaired) electrons. The van der Waals surface area contributed by atoms with Gasteiger partial charge in [0.05, 0.1) is 36.1 Å². The van der Waals surface area contributed by atoms with E-state index in [2.05, 4.69) is 144 Å². The second-order valence-corrected chi connectivity index (χ2v) is 11.8. The molecule has 0 N–H and O–H groups in total. The lowest BCUT2D eigenvalue weighted by Gasteiger charge is -2.24.